The molecule has 144 valence electrons. The molecule has 1 amide bonds. The number of rotatable bonds is 4. The van der Waals surface area contributed by atoms with Gasteiger partial charge in [-0.1, -0.05) is 11.8 Å². The highest BCUT2D eigenvalue weighted by Gasteiger charge is 2.26. The lowest BCUT2D eigenvalue weighted by Crippen LogP contribution is -2.27. The summed E-state index contributed by atoms with van der Waals surface area (Å²) in [7, 11) is 0. The van der Waals surface area contributed by atoms with Crippen LogP contribution in [0.2, 0.25) is 0 Å². The van der Waals surface area contributed by atoms with Crippen LogP contribution in [0.25, 0.3) is 11.0 Å². The summed E-state index contributed by atoms with van der Waals surface area (Å²) in [6.45, 7) is 0.289. The van der Waals surface area contributed by atoms with E-state index < -0.39 is 6.17 Å². The number of halogens is 1. The molecule has 1 fully saturated rings. The summed E-state index contributed by atoms with van der Waals surface area (Å²) in [5.74, 6) is 5.99. The number of nitrogens with zero attached hydrogens (tertiary/aromatic N) is 3. The zero-order valence-electron chi connectivity index (χ0n) is 15.2. The molecule has 0 radical (unpaired) electrons. The molecule has 2 aromatic rings. The molecule has 1 atom stereocenters. The Kier molecular flexibility index (Phi) is 4.84. The molecule has 0 spiro atoms. The second kappa shape index (κ2) is 7.44. The predicted octanol–water partition coefficient (Wildman–Crippen LogP) is 1.23. The molecule has 2 aromatic heterocycles. The Morgan fingerprint density at radius 3 is 2.96 bits per heavy atom. The average molecular weight is 381 g/mol. The number of nitrogen functional groups attached to an aromatic ring is 1. The third-order valence-corrected chi connectivity index (χ3v) is 4.66. The Labute approximate surface area is 161 Å². The number of allylic oxidation sites excluding steroid dienone is 2. The Morgan fingerprint density at radius 1 is 1.39 bits per heavy atom. The van der Waals surface area contributed by atoms with E-state index in [1.54, 1.807) is 16.8 Å². The third-order valence-electron chi connectivity index (χ3n) is 4.66. The second-order valence-corrected chi connectivity index (χ2v) is 6.93. The van der Waals surface area contributed by atoms with E-state index in [4.69, 9.17) is 5.73 Å². The van der Waals surface area contributed by atoms with Crippen molar-refractivity contribution in [3.05, 3.63) is 41.4 Å². The molecule has 2 aliphatic carbocycles. The van der Waals surface area contributed by atoms with Crippen LogP contribution in [0.3, 0.4) is 0 Å². The van der Waals surface area contributed by atoms with Crippen molar-refractivity contribution in [2.75, 3.05) is 12.3 Å². The maximum absolute atomic E-state index is 14.1. The molecular formula is C20H20FN5O2. The number of amides is 1. The topological polar surface area (TPSA) is 106 Å². The van der Waals surface area contributed by atoms with Crippen LogP contribution in [0.4, 0.5) is 10.2 Å². The van der Waals surface area contributed by atoms with E-state index in [9.17, 15) is 14.3 Å². The van der Waals surface area contributed by atoms with Gasteiger partial charge in [-0.2, -0.15) is 0 Å². The summed E-state index contributed by atoms with van der Waals surface area (Å²) < 4.78 is 15.9. The molecule has 0 aliphatic heterocycles. The average Bonchev–Trinajstić information content (AvgIpc) is 3.41. The van der Waals surface area contributed by atoms with E-state index >= 15 is 0 Å². The van der Waals surface area contributed by atoms with Crippen molar-refractivity contribution in [3.63, 3.8) is 0 Å². The van der Waals surface area contributed by atoms with Gasteiger partial charge in [0.05, 0.1) is 17.6 Å². The standard InChI is InChI=1S/C20H20FN5O2/c21-15-8-12(7-14(9-15)20(28)25-16-3-4-16)1-2-13-10-26(5-6-27)19-17(13)18(22)23-11-24-19/h7,9-11,15-16,27H,3-6,8H2,(H,25,28)(H2,22,23,24). The molecule has 4 rings (SSSR count). The summed E-state index contributed by atoms with van der Waals surface area (Å²) in [5.41, 5.74) is 8.00. The number of hydrogen-bond donors (Lipinski definition) is 3. The summed E-state index contributed by atoms with van der Waals surface area (Å²) in [5, 5.41) is 12.7. The van der Waals surface area contributed by atoms with Crippen molar-refractivity contribution >= 4 is 22.8 Å². The molecule has 4 N–H and O–H groups in total. The maximum atomic E-state index is 14.1. The van der Waals surface area contributed by atoms with Crippen LogP contribution < -0.4 is 11.1 Å². The van der Waals surface area contributed by atoms with Crippen molar-refractivity contribution in [2.24, 2.45) is 0 Å². The van der Waals surface area contributed by atoms with Gasteiger partial charge in [0.15, 0.2) is 0 Å². The quantitative estimate of drug-likeness (QED) is 0.691. The van der Waals surface area contributed by atoms with Gasteiger partial charge in [0, 0.05) is 36.4 Å². The Morgan fingerprint density at radius 2 is 2.21 bits per heavy atom. The highest BCUT2D eigenvalue weighted by atomic mass is 19.1. The first-order chi connectivity index (χ1) is 13.5. The maximum Gasteiger partial charge on any atom is 0.251 e. The molecule has 0 saturated heterocycles. The van der Waals surface area contributed by atoms with Crippen LogP contribution in [0.5, 0.6) is 0 Å². The van der Waals surface area contributed by atoms with Crippen LogP contribution >= 0.6 is 0 Å². The van der Waals surface area contributed by atoms with Crippen LogP contribution in [0.15, 0.2) is 35.8 Å². The van der Waals surface area contributed by atoms with Crippen LogP contribution in [0, 0.1) is 11.8 Å². The molecular weight excluding hydrogens is 361 g/mol. The first-order valence-electron chi connectivity index (χ1n) is 9.14. The zero-order valence-corrected chi connectivity index (χ0v) is 15.2. The molecule has 7 nitrogen and oxygen atoms in total. The van der Waals surface area contributed by atoms with E-state index in [2.05, 4.69) is 27.1 Å². The first-order valence-corrected chi connectivity index (χ1v) is 9.14. The van der Waals surface area contributed by atoms with Crippen LogP contribution in [-0.4, -0.2) is 44.4 Å². The van der Waals surface area contributed by atoms with Crippen molar-refractivity contribution < 1.29 is 14.3 Å². The Hall–Kier alpha value is -3.18. The molecule has 1 unspecified atom stereocenters. The van der Waals surface area contributed by atoms with E-state index in [1.165, 1.54) is 12.4 Å². The summed E-state index contributed by atoms with van der Waals surface area (Å²) in [6, 6.07) is 0.206. The van der Waals surface area contributed by atoms with Crippen LogP contribution in [0.1, 0.15) is 24.8 Å². The number of alkyl halides is 1. The predicted molar refractivity (Wildman–Crippen MR) is 103 cm³/mol. The molecule has 8 heteroatoms. The number of aliphatic hydroxyl groups excluding tert-OH is 1. The van der Waals surface area contributed by atoms with Crippen molar-refractivity contribution in [2.45, 2.75) is 38.0 Å². The van der Waals surface area contributed by atoms with Crippen molar-refractivity contribution in [3.8, 4) is 11.8 Å². The molecule has 1 saturated carbocycles. The molecule has 28 heavy (non-hydrogen) atoms. The lowest BCUT2D eigenvalue weighted by molar-refractivity contribution is -0.117. The Balaban J connectivity index is 1.65. The van der Waals surface area contributed by atoms with E-state index in [0.29, 0.717) is 34.3 Å². The highest BCUT2D eigenvalue weighted by molar-refractivity contribution is 5.97. The number of aromatic nitrogens is 3. The van der Waals surface area contributed by atoms with Gasteiger partial charge >= 0.3 is 0 Å². The van der Waals surface area contributed by atoms with Gasteiger partial charge in [-0.25, -0.2) is 14.4 Å². The normalized spacial score (nSPS) is 18.9. The summed E-state index contributed by atoms with van der Waals surface area (Å²) in [6.07, 6.45) is 6.87. The number of nitrogens with two attached hydrogens (primary N) is 1. The Bertz CT molecular complexity index is 1060. The van der Waals surface area contributed by atoms with Crippen molar-refractivity contribution in [1.29, 1.82) is 0 Å². The SMILES string of the molecule is Nc1ncnc2c1c(C#CC1=CC(C(=O)NC3CC3)=CC(F)C1)cn2CCO. The number of carbonyl (C=O) groups excluding carboxylic acids is 1. The number of nitrogens with one attached hydrogen (secondary N) is 1. The fourth-order valence-electron chi connectivity index (χ4n) is 3.15. The van der Waals surface area contributed by atoms with Crippen LogP contribution in [-0.2, 0) is 11.3 Å². The first kappa shape index (κ1) is 18.2. The second-order valence-electron chi connectivity index (χ2n) is 6.93. The monoisotopic (exact) mass is 381 g/mol. The minimum atomic E-state index is -1.25. The van der Waals surface area contributed by atoms with E-state index in [0.717, 1.165) is 12.8 Å². The summed E-state index contributed by atoms with van der Waals surface area (Å²) in [4.78, 5) is 20.4. The zero-order chi connectivity index (χ0) is 19.7. The smallest absolute Gasteiger partial charge is 0.251 e. The van der Waals surface area contributed by atoms with E-state index in [-0.39, 0.29) is 30.8 Å². The number of fused-ring (bicyclic) bond motifs is 1. The van der Waals surface area contributed by atoms with E-state index in [1.807, 2.05) is 0 Å². The minimum Gasteiger partial charge on any atom is -0.395 e. The minimum absolute atomic E-state index is 0.0561. The molecule has 2 heterocycles. The van der Waals surface area contributed by atoms with Gasteiger partial charge in [0.2, 0.25) is 0 Å². The summed E-state index contributed by atoms with van der Waals surface area (Å²) >= 11 is 0. The van der Waals surface area contributed by atoms with Gasteiger partial charge < -0.3 is 20.7 Å². The lowest BCUT2D eigenvalue weighted by atomic mass is 9.97. The number of hydrogen-bond acceptors (Lipinski definition) is 5. The fourth-order valence-corrected chi connectivity index (χ4v) is 3.15. The molecule has 0 bridgehead atoms. The largest absolute Gasteiger partial charge is 0.395 e. The number of aliphatic hydroxyl groups is 1. The van der Waals surface area contributed by atoms with Gasteiger partial charge in [-0.3, -0.25) is 4.79 Å². The molecule has 2 aliphatic rings. The molecule has 0 aromatic carbocycles. The fraction of sp³-hybridized carbons (Fsp3) is 0.350. The van der Waals surface area contributed by atoms with Gasteiger partial charge in [0.1, 0.15) is 24.0 Å². The number of carbonyl (C=O) groups is 1. The van der Waals surface area contributed by atoms with Gasteiger partial charge in [-0.05, 0) is 25.0 Å². The lowest BCUT2D eigenvalue weighted by Gasteiger charge is -2.13. The van der Waals surface area contributed by atoms with Gasteiger partial charge in [-0.15, -0.1) is 0 Å². The highest BCUT2D eigenvalue weighted by Crippen LogP contribution is 2.25. The van der Waals surface area contributed by atoms with Crippen molar-refractivity contribution in [1.82, 2.24) is 19.9 Å². The van der Waals surface area contributed by atoms with Gasteiger partial charge in [0.25, 0.3) is 5.91 Å². The number of anilines is 1. The third kappa shape index (κ3) is 3.75.